The first-order valence-corrected chi connectivity index (χ1v) is 10.5. The Morgan fingerprint density at radius 2 is 1.65 bits per heavy atom. The number of likely N-dealkylation sites (tertiary alicyclic amines) is 1. The minimum absolute atomic E-state index is 0.0618. The molecule has 1 heterocycles. The summed E-state index contributed by atoms with van der Waals surface area (Å²) < 4.78 is 15.4. The largest absolute Gasteiger partial charge is 0.497 e. The first kappa shape index (κ1) is 24.3. The number of ether oxygens (including phenoxy) is 3. The van der Waals surface area contributed by atoms with Crippen LogP contribution in [0.5, 0.6) is 11.5 Å². The van der Waals surface area contributed by atoms with Gasteiger partial charge in [-0.15, -0.1) is 0 Å². The molecule has 1 aromatic rings. The van der Waals surface area contributed by atoms with Crippen molar-refractivity contribution in [2.75, 3.05) is 33.9 Å². The molecular formula is C22H33N3O6. The number of benzene rings is 1. The lowest BCUT2D eigenvalue weighted by Gasteiger charge is -2.33. The SMILES string of the molecule is CCOC(=O)N1CCC(NC(=O)[C@H](NC(=O)c2cc(OC)cc(OC)c2)C(C)C)CC1. The number of piperidine rings is 1. The second-order valence-corrected chi connectivity index (χ2v) is 7.77. The maximum Gasteiger partial charge on any atom is 0.409 e. The summed E-state index contributed by atoms with van der Waals surface area (Å²) in [6.07, 6.45) is 0.945. The van der Waals surface area contributed by atoms with Crippen LogP contribution < -0.4 is 20.1 Å². The number of nitrogens with zero attached hydrogens (tertiary/aromatic N) is 1. The van der Waals surface area contributed by atoms with E-state index >= 15 is 0 Å². The van der Waals surface area contributed by atoms with Gasteiger partial charge in [0.2, 0.25) is 5.91 Å². The molecule has 2 N–H and O–H groups in total. The van der Waals surface area contributed by atoms with Crippen LogP contribution in [0.1, 0.15) is 44.0 Å². The molecule has 2 rings (SSSR count). The van der Waals surface area contributed by atoms with Gasteiger partial charge in [-0.05, 0) is 37.8 Å². The molecule has 1 fully saturated rings. The summed E-state index contributed by atoms with van der Waals surface area (Å²) in [6.45, 7) is 6.90. The van der Waals surface area contributed by atoms with E-state index in [-0.39, 0.29) is 29.9 Å². The molecular weight excluding hydrogens is 402 g/mol. The summed E-state index contributed by atoms with van der Waals surface area (Å²) in [5.74, 6) is 0.235. The highest BCUT2D eigenvalue weighted by Crippen LogP contribution is 2.22. The molecule has 0 saturated carbocycles. The second kappa shape index (κ2) is 11.4. The van der Waals surface area contributed by atoms with E-state index < -0.39 is 6.04 Å². The van der Waals surface area contributed by atoms with E-state index in [1.54, 1.807) is 30.0 Å². The Hall–Kier alpha value is -2.97. The van der Waals surface area contributed by atoms with Crippen molar-refractivity contribution in [2.45, 2.75) is 45.7 Å². The summed E-state index contributed by atoms with van der Waals surface area (Å²) in [5.41, 5.74) is 0.345. The van der Waals surface area contributed by atoms with Gasteiger partial charge in [0.1, 0.15) is 17.5 Å². The Labute approximate surface area is 183 Å². The summed E-state index contributed by atoms with van der Waals surface area (Å²) in [5, 5.41) is 5.83. The Bertz CT molecular complexity index is 752. The predicted octanol–water partition coefficient (Wildman–Crippen LogP) is 2.20. The van der Waals surface area contributed by atoms with Crippen LogP contribution in [0.3, 0.4) is 0 Å². The molecule has 3 amide bonds. The number of amides is 3. The van der Waals surface area contributed by atoms with Gasteiger partial charge in [-0.1, -0.05) is 13.8 Å². The van der Waals surface area contributed by atoms with E-state index in [0.717, 1.165) is 0 Å². The molecule has 1 aromatic carbocycles. The van der Waals surface area contributed by atoms with Crippen molar-refractivity contribution in [3.63, 3.8) is 0 Å². The topological polar surface area (TPSA) is 106 Å². The molecule has 1 aliphatic heterocycles. The van der Waals surface area contributed by atoms with Crippen LogP contribution >= 0.6 is 0 Å². The predicted molar refractivity (Wildman–Crippen MR) is 115 cm³/mol. The molecule has 1 atom stereocenters. The van der Waals surface area contributed by atoms with E-state index in [1.165, 1.54) is 14.2 Å². The maximum atomic E-state index is 12.9. The monoisotopic (exact) mass is 435 g/mol. The van der Waals surface area contributed by atoms with Crippen molar-refractivity contribution in [1.82, 2.24) is 15.5 Å². The zero-order valence-corrected chi connectivity index (χ0v) is 18.9. The van der Waals surface area contributed by atoms with Crippen LogP contribution in [0, 0.1) is 5.92 Å². The Morgan fingerprint density at radius 1 is 1.06 bits per heavy atom. The van der Waals surface area contributed by atoms with Gasteiger partial charge >= 0.3 is 6.09 Å². The summed E-state index contributed by atoms with van der Waals surface area (Å²) in [6, 6.07) is 4.10. The summed E-state index contributed by atoms with van der Waals surface area (Å²) >= 11 is 0. The van der Waals surface area contributed by atoms with Crippen LogP contribution in [-0.2, 0) is 9.53 Å². The van der Waals surface area contributed by atoms with E-state index in [2.05, 4.69) is 10.6 Å². The normalized spacial score (nSPS) is 15.2. The highest BCUT2D eigenvalue weighted by atomic mass is 16.6. The summed E-state index contributed by atoms with van der Waals surface area (Å²) in [7, 11) is 3.02. The number of hydrogen-bond donors (Lipinski definition) is 2. The fourth-order valence-electron chi connectivity index (χ4n) is 3.41. The smallest absolute Gasteiger partial charge is 0.409 e. The van der Waals surface area contributed by atoms with Crippen LogP contribution in [-0.4, -0.2) is 68.8 Å². The average Bonchev–Trinajstić information content (AvgIpc) is 2.77. The van der Waals surface area contributed by atoms with Crippen LogP contribution in [0.2, 0.25) is 0 Å². The fraction of sp³-hybridized carbons (Fsp3) is 0.591. The van der Waals surface area contributed by atoms with Crippen LogP contribution in [0.15, 0.2) is 18.2 Å². The lowest BCUT2D eigenvalue weighted by molar-refractivity contribution is -0.124. The molecule has 0 bridgehead atoms. The van der Waals surface area contributed by atoms with Gasteiger partial charge in [-0.3, -0.25) is 9.59 Å². The maximum absolute atomic E-state index is 12.9. The van der Waals surface area contributed by atoms with Crippen molar-refractivity contribution in [2.24, 2.45) is 5.92 Å². The third kappa shape index (κ3) is 6.77. The fourth-order valence-corrected chi connectivity index (χ4v) is 3.41. The molecule has 0 aromatic heterocycles. The van der Waals surface area contributed by atoms with E-state index in [9.17, 15) is 14.4 Å². The first-order valence-electron chi connectivity index (χ1n) is 10.5. The third-order valence-electron chi connectivity index (χ3n) is 5.22. The molecule has 0 aliphatic carbocycles. The molecule has 0 unspecified atom stereocenters. The lowest BCUT2D eigenvalue weighted by atomic mass is 10.00. The van der Waals surface area contributed by atoms with Crippen molar-refractivity contribution >= 4 is 17.9 Å². The Morgan fingerprint density at radius 3 is 2.13 bits per heavy atom. The second-order valence-electron chi connectivity index (χ2n) is 7.77. The Balaban J connectivity index is 1.99. The van der Waals surface area contributed by atoms with Crippen LogP contribution in [0.25, 0.3) is 0 Å². The van der Waals surface area contributed by atoms with E-state index in [4.69, 9.17) is 14.2 Å². The van der Waals surface area contributed by atoms with Gasteiger partial charge in [0.15, 0.2) is 0 Å². The molecule has 0 radical (unpaired) electrons. The van der Waals surface area contributed by atoms with E-state index in [1.807, 2.05) is 13.8 Å². The van der Waals surface area contributed by atoms with Crippen molar-refractivity contribution in [1.29, 1.82) is 0 Å². The number of rotatable bonds is 8. The molecule has 1 saturated heterocycles. The number of carbonyl (C=O) groups excluding carboxylic acids is 3. The standard InChI is InChI=1S/C22H33N3O6/c1-6-31-22(28)25-9-7-16(8-10-25)23-21(27)19(14(2)3)24-20(26)15-11-17(29-4)13-18(12-15)30-5/h11-14,16,19H,6-10H2,1-5H3,(H,23,27)(H,24,26)/t19-/m1/s1. The third-order valence-corrected chi connectivity index (χ3v) is 5.22. The molecule has 1 aliphatic rings. The minimum atomic E-state index is -0.701. The highest BCUT2D eigenvalue weighted by Gasteiger charge is 2.29. The van der Waals surface area contributed by atoms with Crippen molar-refractivity contribution in [3.05, 3.63) is 23.8 Å². The van der Waals surface area contributed by atoms with Crippen molar-refractivity contribution < 1.29 is 28.6 Å². The van der Waals surface area contributed by atoms with Gasteiger partial charge in [0.05, 0.1) is 20.8 Å². The summed E-state index contributed by atoms with van der Waals surface area (Å²) in [4.78, 5) is 39.2. The molecule has 172 valence electrons. The Kier molecular flexibility index (Phi) is 8.96. The van der Waals surface area contributed by atoms with Gasteiger partial charge in [0.25, 0.3) is 5.91 Å². The average molecular weight is 436 g/mol. The van der Waals surface area contributed by atoms with Gasteiger partial charge in [-0.2, -0.15) is 0 Å². The molecule has 31 heavy (non-hydrogen) atoms. The zero-order valence-electron chi connectivity index (χ0n) is 18.9. The first-order chi connectivity index (χ1) is 14.8. The quantitative estimate of drug-likeness (QED) is 0.648. The van der Waals surface area contributed by atoms with Crippen molar-refractivity contribution in [3.8, 4) is 11.5 Å². The highest BCUT2D eigenvalue weighted by molar-refractivity contribution is 5.98. The number of methoxy groups -OCH3 is 2. The molecule has 9 nitrogen and oxygen atoms in total. The molecule has 0 spiro atoms. The minimum Gasteiger partial charge on any atom is -0.497 e. The van der Waals surface area contributed by atoms with Gasteiger partial charge in [-0.25, -0.2) is 4.79 Å². The van der Waals surface area contributed by atoms with Gasteiger partial charge < -0.3 is 29.7 Å². The number of carbonyl (C=O) groups is 3. The lowest BCUT2D eigenvalue weighted by Crippen LogP contribution is -2.54. The number of hydrogen-bond acceptors (Lipinski definition) is 6. The van der Waals surface area contributed by atoms with E-state index in [0.29, 0.717) is 49.6 Å². The zero-order chi connectivity index (χ0) is 23.0. The van der Waals surface area contributed by atoms with Crippen LogP contribution in [0.4, 0.5) is 4.79 Å². The van der Waals surface area contributed by atoms with Gasteiger partial charge in [0, 0.05) is 30.8 Å². The molecule has 9 heteroatoms. The number of nitrogens with one attached hydrogen (secondary N) is 2.